The van der Waals surface area contributed by atoms with Gasteiger partial charge in [0, 0.05) is 34.5 Å². The summed E-state index contributed by atoms with van der Waals surface area (Å²) in [7, 11) is 0. The average Bonchev–Trinajstić information content (AvgIpc) is 1.19. The predicted octanol–water partition coefficient (Wildman–Crippen LogP) is 24.4. The van der Waals surface area contributed by atoms with Gasteiger partial charge in [0.1, 0.15) is 11.6 Å². The van der Waals surface area contributed by atoms with E-state index in [1.807, 2.05) is 6.92 Å². The van der Waals surface area contributed by atoms with Gasteiger partial charge >= 0.3 is 0 Å². The van der Waals surface area contributed by atoms with Gasteiger partial charge in [-0.1, -0.05) is 153 Å². The van der Waals surface area contributed by atoms with E-state index in [0.717, 1.165) is 115 Å². The second-order valence-electron chi connectivity index (χ2n) is 43.5. The van der Waals surface area contributed by atoms with Crippen LogP contribution in [0.1, 0.15) is 323 Å². The van der Waals surface area contributed by atoms with E-state index < -0.39 is 5.41 Å². The third kappa shape index (κ3) is 9.76. The highest BCUT2D eigenvalue weighted by atomic mass is 16.3. The monoisotopic (exact) mass is 1400 g/mol. The zero-order valence-corrected chi connectivity index (χ0v) is 68.4. The second-order valence-corrected chi connectivity index (χ2v) is 43.5. The fraction of sp³-hybridized carbons (Fsp3) is 0.853. The van der Waals surface area contributed by atoms with Crippen LogP contribution in [0.15, 0.2) is 73.5 Å². The molecule has 0 aromatic carbocycles. The third-order valence-corrected chi connectivity index (χ3v) is 41.7. The van der Waals surface area contributed by atoms with Crippen molar-refractivity contribution in [2.75, 3.05) is 6.61 Å². The minimum Gasteiger partial charge on any atom is -0.512 e. The van der Waals surface area contributed by atoms with E-state index >= 15 is 0 Å². The van der Waals surface area contributed by atoms with Gasteiger partial charge in [-0.05, 0) is 356 Å². The van der Waals surface area contributed by atoms with Gasteiger partial charge in [-0.2, -0.15) is 0 Å². The largest absolute Gasteiger partial charge is 0.512 e. The number of hydrogen-bond donors (Lipinski definition) is 5. The number of rotatable bonds is 9. The van der Waals surface area contributed by atoms with Crippen LogP contribution in [0.2, 0.25) is 0 Å². The summed E-state index contributed by atoms with van der Waals surface area (Å²) in [5.41, 5.74) is 5.21. The number of fused-ring (bicyclic) bond motifs is 21. The molecule has 9 unspecified atom stereocenters. The molecule has 0 amide bonds. The highest BCUT2D eigenvalue weighted by Crippen LogP contribution is 2.83. The normalized spacial score (nSPS) is 55.1. The Labute approximate surface area is 622 Å². The number of aliphatic hydroxyl groups is 5. The van der Waals surface area contributed by atoms with Crippen LogP contribution < -0.4 is 0 Å². The molecule has 0 radical (unpaired) electrons. The first-order chi connectivity index (χ1) is 47.4. The molecular formula is C95H150O7. The van der Waals surface area contributed by atoms with Crippen molar-refractivity contribution in [2.45, 2.75) is 329 Å². The van der Waals surface area contributed by atoms with Gasteiger partial charge < -0.3 is 25.5 Å². The maximum atomic E-state index is 13.2. The summed E-state index contributed by atoms with van der Waals surface area (Å²) >= 11 is 0. The molecule has 0 heterocycles. The van der Waals surface area contributed by atoms with Crippen LogP contribution in [-0.2, 0) is 9.59 Å². The fourth-order valence-electron chi connectivity index (χ4n) is 35.1. The van der Waals surface area contributed by atoms with E-state index in [0.29, 0.717) is 128 Å². The van der Waals surface area contributed by atoms with E-state index in [1.54, 1.807) is 0 Å². The Balaban J connectivity index is 0.000000137. The van der Waals surface area contributed by atoms with Crippen LogP contribution >= 0.6 is 0 Å². The molecule has 0 aromatic heterocycles. The van der Waals surface area contributed by atoms with Crippen LogP contribution in [0, 0.1) is 170 Å². The third-order valence-electron chi connectivity index (χ3n) is 41.7. The number of hydrogen-bond acceptors (Lipinski definition) is 7. The fourth-order valence-corrected chi connectivity index (χ4v) is 35.1. The van der Waals surface area contributed by atoms with Crippen LogP contribution in [0.4, 0.5) is 0 Å². The lowest BCUT2D eigenvalue weighted by Gasteiger charge is -2.73. The van der Waals surface area contributed by atoms with Gasteiger partial charge in [-0.15, -0.1) is 0 Å². The second kappa shape index (κ2) is 25.1. The van der Waals surface area contributed by atoms with Crippen molar-refractivity contribution in [1.29, 1.82) is 0 Å². The maximum Gasteiger partial charge on any atom is 0.141 e. The van der Waals surface area contributed by atoms with Crippen molar-refractivity contribution >= 4 is 11.6 Å². The number of allylic oxidation sites excluding steroid dienone is 6. The minimum atomic E-state index is -0.584. The van der Waals surface area contributed by atoms with E-state index in [4.69, 9.17) is 0 Å². The summed E-state index contributed by atoms with van der Waals surface area (Å²) in [6, 6.07) is 0. The lowest BCUT2D eigenvalue weighted by Crippen LogP contribution is -2.67. The molecule has 5 N–H and O–H groups in total. The van der Waals surface area contributed by atoms with Gasteiger partial charge in [-0.25, -0.2) is 0 Å². The minimum absolute atomic E-state index is 0.0150. The van der Waals surface area contributed by atoms with E-state index in [1.165, 1.54) is 107 Å². The number of ketones is 2. The topological polar surface area (TPSA) is 135 Å². The molecule has 0 bridgehead atoms. The summed E-state index contributed by atoms with van der Waals surface area (Å²) in [5.74, 6) is 10.4. The number of Topliss-reactive ketones (excluding diaryl/α,β-unsaturated/α-hetero) is 2. The number of carbonyl (C=O) groups is 2. The molecule has 0 spiro atoms. The lowest BCUT2D eigenvalue weighted by molar-refractivity contribution is -0.249. The summed E-state index contributed by atoms with van der Waals surface area (Å²) in [4.78, 5) is 26.2. The lowest BCUT2D eigenvalue weighted by atomic mass is 9.32. The Morgan fingerprint density at radius 3 is 0.971 bits per heavy atom. The van der Waals surface area contributed by atoms with Gasteiger partial charge in [0.15, 0.2) is 0 Å². The molecule has 15 aliphatic carbocycles. The molecule has 102 heavy (non-hydrogen) atoms. The van der Waals surface area contributed by atoms with E-state index in [-0.39, 0.29) is 78.6 Å². The number of aliphatic hydroxyl groups excluding tert-OH is 5. The number of carbonyl (C=O) groups excluding carboxylic acids is 2. The smallest absolute Gasteiger partial charge is 0.141 e. The summed E-state index contributed by atoms with van der Waals surface area (Å²) in [5, 5.41) is 54.3. The molecule has 15 rings (SSSR count). The molecule has 7 heteroatoms. The predicted molar refractivity (Wildman–Crippen MR) is 419 cm³/mol. The molecule has 0 aliphatic heterocycles. The van der Waals surface area contributed by atoms with Gasteiger partial charge in [0.25, 0.3) is 0 Å². The van der Waals surface area contributed by atoms with Gasteiger partial charge in [0.2, 0.25) is 0 Å². The first-order valence-electron chi connectivity index (χ1n) is 42.9. The van der Waals surface area contributed by atoms with Gasteiger partial charge in [-0.3, -0.25) is 9.59 Å². The first-order valence-corrected chi connectivity index (χ1v) is 42.9. The zero-order valence-electron chi connectivity index (χ0n) is 68.4. The molecule has 15 aliphatic rings. The average molecular weight is 1400 g/mol. The molecule has 572 valence electrons. The molecular weight excluding hydrogens is 1250 g/mol. The van der Waals surface area contributed by atoms with E-state index in [2.05, 4.69) is 150 Å². The van der Waals surface area contributed by atoms with Crippen molar-refractivity contribution < 1.29 is 35.1 Å². The van der Waals surface area contributed by atoms with Crippen molar-refractivity contribution in [2.24, 2.45) is 170 Å². The highest BCUT2D eigenvalue weighted by Gasteiger charge is 2.76. The Bertz CT molecular complexity index is 3260. The molecule has 15 saturated carbocycles. The summed E-state index contributed by atoms with van der Waals surface area (Å²) in [6.07, 6.45) is 35.7. The van der Waals surface area contributed by atoms with Crippen LogP contribution in [-0.4, -0.2) is 49.8 Å². The Kier molecular flexibility index (Phi) is 19.0. The molecule has 0 aromatic rings. The SMILES string of the molecule is C=C(C)[C@@H]1CC[C@]2(C(=C)O)CC[C@]3(C)C(CCC4[C@@]5(C)CCC(=O)[C@@](C)(CC)[C@@H]5CC[C@]43C)C12.C=C(C)[C@@H]1CC[C@]2(C(=C)O)CC[C@]3(C)C(CCC4[C@@]5(C)CCC(=O)[C@@](C)(CO)[C@@H]5CC[C@]43C)C12.C=C(C)[C@@H]1CC[C@]2(C(=C)O)CC[C@]3(C)C(CCC4[C@@]5(C)CC[C@H](O)[C@@](C)(CC)[C@@H]5CC[C@]43C)C12. The quantitative estimate of drug-likeness (QED) is 0.115. The van der Waals surface area contributed by atoms with Crippen molar-refractivity contribution in [3.05, 3.63) is 73.5 Å². The Morgan fingerprint density at radius 1 is 0.353 bits per heavy atom. The molecule has 31 atom stereocenters. The summed E-state index contributed by atoms with van der Waals surface area (Å²) < 4.78 is 0. The first kappa shape index (κ1) is 77.3. The van der Waals surface area contributed by atoms with E-state index in [9.17, 15) is 35.1 Å². The Morgan fingerprint density at radius 2 is 0.667 bits per heavy atom. The van der Waals surface area contributed by atoms with Crippen LogP contribution in [0.25, 0.3) is 0 Å². The van der Waals surface area contributed by atoms with Crippen molar-refractivity contribution in [3.8, 4) is 0 Å². The van der Waals surface area contributed by atoms with Gasteiger partial charge in [0.05, 0.1) is 35.4 Å². The molecule has 7 nitrogen and oxygen atoms in total. The standard InChI is InChI=1S/C32H52O2.C32H50O2.C31H48O3/c2*1-9-28(5)24-13-16-31(8)25(29(24,6)15-14-26(28)34)11-10-23-27-22(20(2)3)12-17-32(27,21(4)33)19-18-30(23,31)7;1-19(2)21-10-15-31(20(3)33)17-16-29(6)22(26(21)31)8-9-24-27(4)13-12-25(34)28(5,18-32)23(27)11-14-30(24,29)7/h22-27,33-34H,2,4,9-19H2,1,3,5-8H3;22-25,27,33H,2,4,9-19H2,1,3,5-8H3;21-24,26,32-33H,1,3,8-18H2,2,4-7H3/t22-,23?,24-,25?,26-,27?,28-,29-,30+,31+,32+;22-,23?,24-,25?,27?,28-,29-,30+,31+,32+;21-,22?,23+,24?,26?,27-,28-,29+,30+,31+/m000/s1. The maximum absolute atomic E-state index is 13.2. The van der Waals surface area contributed by atoms with Crippen molar-refractivity contribution in [3.63, 3.8) is 0 Å². The summed E-state index contributed by atoms with van der Waals surface area (Å²) in [6.45, 7) is 67.1. The van der Waals surface area contributed by atoms with Crippen LogP contribution in [0.3, 0.4) is 0 Å². The zero-order chi connectivity index (χ0) is 74.7. The molecule has 0 saturated heterocycles. The molecule has 15 fully saturated rings. The Hall–Kier alpha value is -2.90. The van der Waals surface area contributed by atoms with Crippen LogP contribution in [0.5, 0.6) is 0 Å². The highest BCUT2D eigenvalue weighted by molar-refractivity contribution is 5.86. The van der Waals surface area contributed by atoms with Crippen molar-refractivity contribution in [1.82, 2.24) is 0 Å².